The minimum absolute atomic E-state index is 0.0817. The molecule has 1 atom stereocenters. The van der Waals surface area contributed by atoms with Crippen molar-refractivity contribution >= 4 is 11.6 Å². The van der Waals surface area contributed by atoms with E-state index in [2.05, 4.69) is 29.1 Å². The van der Waals surface area contributed by atoms with Gasteiger partial charge in [0.25, 0.3) is 5.56 Å². The van der Waals surface area contributed by atoms with Crippen LogP contribution in [-0.4, -0.2) is 15.9 Å². The molecule has 2 N–H and O–H groups in total. The Hall–Kier alpha value is -2.43. The first-order chi connectivity index (χ1) is 11.8. The molecule has 132 valence electrons. The smallest absolute Gasteiger partial charge is 0.251 e. The van der Waals surface area contributed by atoms with E-state index in [0.29, 0.717) is 11.5 Å². The van der Waals surface area contributed by atoms with E-state index in [1.807, 2.05) is 24.3 Å². The molecule has 1 aromatic carbocycles. The normalized spacial score (nSPS) is 19.4. The van der Waals surface area contributed by atoms with Crippen molar-refractivity contribution in [3.05, 3.63) is 46.4 Å². The van der Waals surface area contributed by atoms with Crippen molar-refractivity contribution in [2.75, 3.05) is 5.32 Å². The Balaban J connectivity index is 1.70. The summed E-state index contributed by atoms with van der Waals surface area (Å²) in [6, 6.07) is 8.88. The number of nitrogens with one attached hydrogen (secondary N) is 2. The van der Waals surface area contributed by atoms with Crippen LogP contribution in [-0.2, 0) is 4.79 Å². The number of nitrogens with zero attached hydrogens (tertiary/aromatic N) is 1. The van der Waals surface area contributed by atoms with Gasteiger partial charge in [0.1, 0.15) is 5.82 Å². The molecule has 0 bridgehead atoms. The lowest BCUT2D eigenvalue weighted by atomic mass is 9.72. The first kappa shape index (κ1) is 17.4. The van der Waals surface area contributed by atoms with E-state index in [0.717, 1.165) is 30.5 Å². The van der Waals surface area contributed by atoms with Crippen LogP contribution < -0.4 is 10.9 Å². The second-order valence-corrected chi connectivity index (χ2v) is 7.76. The molecule has 1 amide bonds. The highest BCUT2D eigenvalue weighted by Gasteiger charge is 2.31. The van der Waals surface area contributed by atoms with Crippen LogP contribution in [0.5, 0.6) is 0 Å². The van der Waals surface area contributed by atoms with Gasteiger partial charge in [0.05, 0.1) is 0 Å². The number of carbonyl (C=O) groups is 1. The number of carbonyl (C=O) groups excluding carboxylic acids is 1. The molecule has 1 heterocycles. The van der Waals surface area contributed by atoms with E-state index in [4.69, 9.17) is 0 Å². The molecule has 0 spiro atoms. The molecule has 2 aromatic rings. The highest BCUT2D eigenvalue weighted by molar-refractivity contribution is 5.92. The van der Waals surface area contributed by atoms with Crippen LogP contribution >= 0.6 is 0 Å². The van der Waals surface area contributed by atoms with Crippen LogP contribution in [0.2, 0.25) is 0 Å². The Morgan fingerprint density at radius 3 is 2.64 bits per heavy atom. The van der Waals surface area contributed by atoms with Crippen molar-refractivity contribution in [1.82, 2.24) is 9.97 Å². The van der Waals surface area contributed by atoms with Gasteiger partial charge in [0.2, 0.25) is 5.91 Å². The monoisotopic (exact) mass is 339 g/mol. The van der Waals surface area contributed by atoms with Crippen molar-refractivity contribution in [2.45, 2.75) is 46.5 Å². The van der Waals surface area contributed by atoms with Gasteiger partial charge in [0, 0.05) is 28.9 Å². The topological polar surface area (TPSA) is 74.8 Å². The molecule has 1 unspecified atom stereocenters. The van der Waals surface area contributed by atoms with Gasteiger partial charge in [0.15, 0.2) is 0 Å². The summed E-state index contributed by atoms with van der Waals surface area (Å²) in [5.41, 5.74) is 2.34. The Bertz CT molecular complexity index is 822. The number of anilines is 1. The maximum absolute atomic E-state index is 12.5. The van der Waals surface area contributed by atoms with E-state index in [-0.39, 0.29) is 22.8 Å². The number of H-pyrrole nitrogens is 1. The summed E-state index contributed by atoms with van der Waals surface area (Å²) in [4.78, 5) is 31.2. The van der Waals surface area contributed by atoms with Crippen molar-refractivity contribution in [3.8, 4) is 11.4 Å². The average Bonchev–Trinajstić information content (AvgIpc) is 2.53. The number of hydrogen-bond acceptors (Lipinski definition) is 3. The molecular formula is C20H25N3O2. The van der Waals surface area contributed by atoms with E-state index in [1.165, 1.54) is 12.5 Å². The summed E-state index contributed by atoms with van der Waals surface area (Å²) >= 11 is 0. The maximum atomic E-state index is 12.5. The fourth-order valence-corrected chi connectivity index (χ4v) is 3.59. The number of aromatic amines is 1. The Morgan fingerprint density at radius 1 is 1.28 bits per heavy atom. The second-order valence-electron chi connectivity index (χ2n) is 7.76. The summed E-state index contributed by atoms with van der Waals surface area (Å²) in [6.07, 6.45) is 4.19. The lowest BCUT2D eigenvalue weighted by molar-refractivity contribution is -0.122. The second kappa shape index (κ2) is 6.82. The molecule has 1 aromatic heterocycles. The molecule has 0 saturated heterocycles. The predicted octanol–water partition coefficient (Wildman–Crippen LogP) is 3.90. The third-order valence-electron chi connectivity index (χ3n) is 4.87. The van der Waals surface area contributed by atoms with Gasteiger partial charge in [-0.2, -0.15) is 0 Å². The number of amides is 1. The first-order valence-corrected chi connectivity index (χ1v) is 8.82. The molecular weight excluding hydrogens is 314 g/mol. The SMILES string of the molecule is Cc1cc(=O)[nH]c(-c2ccc(NC(=O)C3CCCC(C)(C)C3)cc2)n1. The van der Waals surface area contributed by atoms with E-state index in [9.17, 15) is 9.59 Å². The Labute approximate surface area is 147 Å². The highest BCUT2D eigenvalue weighted by Crippen LogP contribution is 2.38. The lowest BCUT2D eigenvalue weighted by Gasteiger charge is -2.34. The number of aromatic nitrogens is 2. The zero-order valence-corrected chi connectivity index (χ0v) is 15.1. The van der Waals surface area contributed by atoms with Gasteiger partial charge in [-0.25, -0.2) is 4.98 Å². The van der Waals surface area contributed by atoms with E-state index >= 15 is 0 Å². The van der Waals surface area contributed by atoms with Crippen LogP contribution in [0, 0.1) is 18.3 Å². The van der Waals surface area contributed by atoms with Gasteiger partial charge < -0.3 is 10.3 Å². The zero-order valence-electron chi connectivity index (χ0n) is 15.1. The average molecular weight is 339 g/mol. The number of aryl methyl sites for hydroxylation is 1. The van der Waals surface area contributed by atoms with Crippen LogP contribution in [0.4, 0.5) is 5.69 Å². The molecule has 3 rings (SSSR count). The van der Waals surface area contributed by atoms with Crippen LogP contribution in [0.15, 0.2) is 35.1 Å². The van der Waals surface area contributed by atoms with Gasteiger partial charge in [-0.15, -0.1) is 0 Å². The quantitative estimate of drug-likeness (QED) is 0.890. The minimum Gasteiger partial charge on any atom is -0.326 e. The fraction of sp³-hybridized carbons (Fsp3) is 0.450. The highest BCUT2D eigenvalue weighted by atomic mass is 16.2. The Kier molecular flexibility index (Phi) is 4.75. The lowest BCUT2D eigenvalue weighted by Crippen LogP contribution is -2.31. The molecule has 5 heteroatoms. The van der Waals surface area contributed by atoms with Gasteiger partial charge in [-0.05, 0) is 55.9 Å². The standard InChI is InChI=1S/C20H25N3O2/c1-13-11-17(24)23-18(21-13)14-6-8-16(9-7-14)22-19(25)15-5-4-10-20(2,3)12-15/h6-9,11,15H,4-5,10,12H2,1-3H3,(H,22,25)(H,21,23,24). The summed E-state index contributed by atoms with van der Waals surface area (Å²) in [6.45, 7) is 6.26. The largest absolute Gasteiger partial charge is 0.326 e. The molecule has 1 aliphatic rings. The van der Waals surface area contributed by atoms with Crippen molar-refractivity contribution in [2.24, 2.45) is 11.3 Å². The number of benzene rings is 1. The molecule has 1 fully saturated rings. The molecule has 5 nitrogen and oxygen atoms in total. The minimum atomic E-state index is -0.167. The van der Waals surface area contributed by atoms with Crippen LogP contribution in [0.1, 0.15) is 45.2 Å². The molecule has 0 aliphatic heterocycles. The van der Waals surface area contributed by atoms with Crippen molar-refractivity contribution < 1.29 is 4.79 Å². The van der Waals surface area contributed by atoms with Crippen LogP contribution in [0.3, 0.4) is 0 Å². The summed E-state index contributed by atoms with van der Waals surface area (Å²) in [7, 11) is 0. The summed E-state index contributed by atoms with van der Waals surface area (Å²) in [5.74, 6) is 0.720. The fourth-order valence-electron chi connectivity index (χ4n) is 3.59. The van der Waals surface area contributed by atoms with Gasteiger partial charge in [-0.3, -0.25) is 9.59 Å². The van der Waals surface area contributed by atoms with Gasteiger partial charge >= 0.3 is 0 Å². The maximum Gasteiger partial charge on any atom is 0.251 e. The zero-order chi connectivity index (χ0) is 18.0. The molecule has 0 radical (unpaired) electrons. The van der Waals surface area contributed by atoms with E-state index < -0.39 is 0 Å². The number of hydrogen-bond donors (Lipinski definition) is 2. The summed E-state index contributed by atoms with van der Waals surface area (Å²) < 4.78 is 0. The van der Waals surface area contributed by atoms with Crippen molar-refractivity contribution in [1.29, 1.82) is 0 Å². The number of rotatable bonds is 3. The Morgan fingerprint density at radius 2 is 2.00 bits per heavy atom. The predicted molar refractivity (Wildman–Crippen MR) is 99.4 cm³/mol. The third kappa shape index (κ3) is 4.35. The third-order valence-corrected chi connectivity index (χ3v) is 4.87. The van der Waals surface area contributed by atoms with Crippen LogP contribution in [0.25, 0.3) is 11.4 Å². The van der Waals surface area contributed by atoms with Crippen molar-refractivity contribution in [3.63, 3.8) is 0 Å². The molecule has 1 saturated carbocycles. The first-order valence-electron chi connectivity index (χ1n) is 8.82. The van der Waals surface area contributed by atoms with Gasteiger partial charge in [-0.1, -0.05) is 20.3 Å². The molecule has 1 aliphatic carbocycles. The molecule has 25 heavy (non-hydrogen) atoms. The summed E-state index contributed by atoms with van der Waals surface area (Å²) in [5, 5.41) is 3.02. The van der Waals surface area contributed by atoms with E-state index in [1.54, 1.807) is 6.92 Å².